The van der Waals surface area contributed by atoms with Crippen LogP contribution >= 0.6 is 0 Å². The van der Waals surface area contributed by atoms with Gasteiger partial charge in [-0.1, -0.05) is 60.7 Å². The van der Waals surface area contributed by atoms with E-state index in [9.17, 15) is 9.59 Å². The number of nitrogens with one attached hydrogen (secondary N) is 2. The van der Waals surface area contributed by atoms with E-state index in [2.05, 4.69) is 22.8 Å². The molecule has 5 heteroatoms. The molecule has 1 fully saturated rings. The topological polar surface area (TPSA) is 61.4 Å². The first kappa shape index (κ1) is 19.1. The summed E-state index contributed by atoms with van der Waals surface area (Å²) < 4.78 is 0. The van der Waals surface area contributed by atoms with Crippen LogP contribution in [0.5, 0.6) is 0 Å². The van der Waals surface area contributed by atoms with Gasteiger partial charge in [0.2, 0.25) is 11.8 Å². The van der Waals surface area contributed by atoms with Crippen molar-refractivity contribution in [2.75, 3.05) is 19.6 Å². The van der Waals surface area contributed by atoms with E-state index in [-0.39, 0.29) is 18.2 Å². The predicted octanol–water partition coefficient (Wildman–Crippen LogP) is 2.13. The van der Waals surface area contributed by atoms with Crippen LogP contribution in [0.4, 0.5) is 0 Å². The number of benzene rings is 2. The van der Waals surface area contributed by atoms with Crippen LogP contribution in [-0.4, -0.2) is 42.4 Å². The van der Waals surface area contributed by atoms with Crippen molar-refractivity contribution in [2.45, 2.75) is 31.8 Å². The van der Waals surface area contributed by atoms with Gasteiger partial charge < -0.3 is 15.5 Å². The van der Waals surface area contributed by atoms with Gasteiger partial charge in [-0.05, 0) is 24.0 Å². The Morgan fingerprint density at radius 1 is 1.04 bits per heavy atom. The largest absolute Gasteiger partial charge is 0.352 e. The normalized spacial score (nSPS) is 17.0. The second kappa shape index (κ2) is 9.88. The average Bonchev–Trinajstić information content (AvgIpc) is 2.71. The van der Waals surface area contributed by atoms with Gasteiger partial charge in [0, 0.05) is 26.2 Å². The van der Waals surface area contributed by atoms with Crippen LogP contribution < -0.4 is 10.6 Å². The number of aryl methyl sites for hydroxylation is 1. The third kappa shape index (κ3) is 5.93. The van der Waals surface area contributed by atoms with Crippen molar-refractivity contribution < 1.29 is 9.59 Å². The summed E-state index contributed by atoms with van der Waals surface area (Å²) in [6, 6.07) is 19.7. The van der Waals surface area contributed by atoms with Gasteiger partial charge >= 0.3 is 0 Å². The lowest BCUT2D eigenvalue weighted by atomic mass is 10.1. The van der Waals surface area contributed by atoms with Crippen LogP contribution in [0.2, 0.25) is 0 Å². The van der Waals surface area contributed by atoms with Crippen LogP contribution in [0, 0.1) is 0 Å². The molecule has 1 aliphatic heterocycles. The van der Waals surface area contributed by atoms with Gasteiger partial charge in [-0.3, -0.25) is 9.59 Å². The second-order valence-electron chi connectivity index (χ2n) is 6.89. The van der Waals surface area contributed by atoms with Crippen LogP contribution in [0.1, 0.15) is 24.0 Å². The molecule has 1 aliphatic rings. The Labute approximate surface area is 160 Å². The molecule has 5 nitrogen and oxygen atoms in total. The summed E-state index contributed by atoms with van der Waals surface area (Å²) in [5.74, 6) is -0.0694. The summed E-state index contributed by atoms with van der Waals surface area (Å²) in [5.41, 5.74) is 2.34. The SMILES string of the molecule is O=C(CC1NCCN(CCCc2ccccc2)C1=O)NCc1ccccc1. The first-order valence-corrected chi connectivity index (χ1v) is 9.59. The zero-order valence-corrected chi connectivity index (χ0v) is 15.6. The van der Waals surface area contributed by atoms with Crippen molar-refractivity contribution in [3.05, 3.63) is 71.8 Å². The molecule has 2 amide bonds. The molecule has 2 aromatic rings. The molecule has 2 aromatic carbocycles. The highest BCUT2D eigenvalue weighted by Gasteiger charge is 2.29. The second-order valence-corrected chi connectivity index (χ2v) is 6.89. The quantitative estimate of drug-likeness (QED) is 0.753. The highest BCUT2D eigenvalue weighted by Crippen LogP contribution is 2.09. The fraction of sp³-hybridized carbons (Fsp3) is 0.364. The molecular formula is C22H27N3O2. The Hall–Kier alpha value is -2.66. The molecule has 0 radical (unpaired) electrons. The Kier molecular flexibility index (Phi) is 6.99. The number of carbonyl (C=O) groups excluding carboxylic acids is 2. The Morgan fingerprint density at radius 3 is 2.41 bits per heavy atom. The van der Waals surface area contributed by atoms with Crippen LogP contribution in [-0.2, 0) is 22.6 Å². The molecule has 1 saturated heterocycles. The number of hydrogen-bond donors (Lipinski definition) is 2. The average molecular weight is 365 g/mol. The summed E-state index contributed by atoms with van der Waals surface area (Å²) >= 11 is 0. The lowest BCUT2D eigenvalue weighted by molar-refractivity contribution is -0.138. The number of hydrogen-bond acceptors (Lipinski definition) is 3. The minimum Gasteiger partial charge on any atom is -0.352 e. The third-order valence-electron chi connectivity index (χ3n) is 4.84. The molecule has 0 spiro atoms. The molecular weight excluding hydrogens is 338 g/mol. The van der Waals surface area contributed by atoms with E-state index in [1.807, 2.05) is 53.4 Å². The number of piperazine rings is 1. The highest BCUT2D eigenvalue weighted by atomic mass is 16.2. The Morgan fingerprint density at radius 2 is 1.70 bits per heavy atom. The fourth-order valence-electron chi connectivity index (χ4n) is 3.35. The summed E-state index contributed by atoms with van der Waals surface area (Å²) in [4.78, 5) is 26.8. The molecule has 1 atom stereocenters. The third-order valence-corrected chi connectivity index (χ3v) is 4.84. The minimum atomic E-state index is -0.425. The number of rotatable bonds is 8. The number of nitrogens with zero attached hydrogens (tertiary/aromatic N) is 1. The van der Waals surface area contributed by atoms with Gasteiger partial charge in [0.15, 0.2) is 0 Å². The van der Waals surface area contributed by atoms with E-state index in [4.69, 9.17) is 0 Å². The maximum Gasteiger partial charge on any atom is 0.240 e. The van der Waals surface area contributed by atoms with E-state index in [1.54, 1.807) is 0 Å². The zero-order chi connectivity index (χ0) is 18.9. The molecule has 2 N–H and O–H groups in total. The van der Waals surface area contributed by atoms with E-state index in [0.29, 0.717) is 13.1 Å². The maximum atomic E-state index is 12.7. The Balaban J connectivity index is 1.42. The molecule has 0 aliphatic carbocycles. The van der Waals surface area contributed by atoms with Crippen molar-refractivity contribution in [1.29, 1.82) is 0 Å². The van der Waals surface area contributed by atoms with E-state index in [0.717, 1.165) is 31.5 Å². The van der Waals surface area contributed by atoms with Crippen molar-refractivity contribution >= 4 is 11.8 Å². The Bertz CT molecular complexity index is 734. The van der Waals surface area contributed by atoms with Crippen molar-refractivity contribution in [3.63, 3.8) is 0 Å². The molecule has 3 rings (SSSR count). The van der Waals surface area contributed by atoms with Gasteiger partial charge in [0.1, 0.15) is 0 Å². The molecule has 27 heavy (non-hydrogen) atoms. The lowest BCUT2D eigenvalue weighted by Gasteiger charge is -2.33. The summed E-state index contributed by atoms with van der Waals surface area (Å²) in [5, 5.41) is 6.08. The van der Waals surface area contributed by atoms with E-state index in [1.165, 1.54) is 5.56 Å². The fourth-order valence-corrected chi connectivity index (χ4v) is 3.35. The summed E-state index contributed by atoms with van der Waals surface area (Å²) in [7, 11) is 0. The highest BCUT2D eigenvalue weighted by molar-refractivity contribution is 5.88. The van der Waals surface area contributed by atoms with Crippen LogP contribution in [0.25, 0.3) is 0 Å². The van der Waals surface area contributed by atoms with Crippen molar-refractivity contribution in [2.24, 2.45) is 0 Å². The standard InChI is InChI=1S/C22H27N3O2/c26-21(24-17-19-10-5-2-6-11-19)16-20-22(27)25(15-13-23-20)14-7-12-18-8-3-1-4-9-18/h1-6,8-11,20,23H,7,12-17H2,(H,24,26). The molecule has 0 bridgehead atoms. The van der Waals surface area contributed by atoms with Crippen molar-refractivity contribution in [3.8, 4) is 0 Å². The first-order valence-electron chi connectivity index (χ1n) is 9.59. The van der Waals surface area contributed by atoms with E-state index < -0.39 is 6.04 Å². The summed E-state index contributed by atoms with van der Waals surface area (Å²) in [6.45, 7) is 2.66. The molecule has 0 saturated carbocycles. The molecule has 0 aromatic heterocycles. The van der Waals surface area contributed by atoms with Crippen LogP contribution in [0.3, 0.4) is 0 Å². The molecule has 1 heterocycles. The predicted molar refractivity (Wildman–Crippen MR) is 106 cm³/mol. The van der Waals surface area contributed by atoms with Gasteiger partial charge in [-0.15, -0.1) is 0 Å². The van der Waals surface area contributed by atoms with Gasteiger partial charge in [0.05, 0.1) is 12.5 Å². The molecule has 1 unspecified atom stereocenters. The lowest BCUT2D eigenvalue weighted by Crippen LogP contribution is -2.56. The van der Waals surface area contributed by atoms with Gasteiger partial charge in [-0.2, -0.15) is 0 Å². The summed E-state index contributed by atoms with van der Waals surface area (Å²) in [6.07, 6.45) is 2.07. The molecule has 142 valence electrons. The zero-order valence-electron chi connectivity index (χ0n) is 15.6. The number of amides is 2. The minimum absolute atomic E-state index is 0.0316. The van der Waals surface area contributed by atoms with Crippen LogP contribution in [0.15, 0.2) is 60.7 Å². The maximum absolute atomic E-state index is 12.7. The van der Waals surface area contributed by atoms with Gasteiger partial charge in [0.25, 0.3) is 0 Å². The first-order chi connectivity index (χ1) is 13.2. The monoisotopic (exact) mass is 365 g/mol. The smallest absolute Gasteiger partial charge is 0.240 e. The van der Waals surface area contributed by atoms with Gasteiger partial charge in [-0.25, -0.2) is 0 Å². The number of carbonyl (C=O) groups is 2. The van der Waals surface area contributed by atoms with E-state index >= 15 is 0 Å². The van der Waals surface area contributed by atoms with Crippen molar-refractivity contribution in [1.82, 2.24) is 15.5 Å².